The molecule has 0 radical (unpaired) electrons. The van der Waals surface area contributed by atoms with E-state index in [0.717, 1.165) is 23.5 Å². The normalized spacial score (nSPS) is 14.2. The molecular formula is C10H14N4OS2. The van der Waals surface area contributed by atoms with Gasteiger partial charge in [0.25, 0.3) is 0 Å². The van der Waals surface area contributed by atoms with Crippen molar-refractivity contribution < 1.29 is 4.79 Å². The van der Waals surface area contributed by atoms with Crippen molar-refractivity contribution in [3.63, 3.8) is 0 Å². The highest BCUT2D eigenvalue weighted by Gasteiger charge is 2.21. The molecule has 1 amide bonds. The zero-order chi connectivity index (χ0) is 12.3. The van der Waals surface area contributed by atoms with Gasteiger partial charge in [0.15, 0.2) is 5.11 Å². The Morgan fingerprint density at radius 1 is 1.59 bits per heavy atom. The third-order valence-corrected chi connectivity index (χ3v) is 3.39. The second-order valence-corrected chi connectivity index (χ2v) is 5.33. The summed E-state index contributed by atoms with van der Waals surface area (Å²) in [5.41, 5.74) is 6.17. The molecule has 0 aromatic carbocycles. The van der Waals surface area contributed by atoms with Gasteiger partial charge in [0.05, 0.1) is 6.42 Å². The quantitative estimate of drug-likeness (QED) is 0.556. The van der Waals surface area contributed by atoms with Crippen LogP contribution in [-0.2, 0) is 11.2 Å². The Morgan fingerprint density at radius 3 is 2.94 bits per heavy atom. The number of nitrogens with zero attached hydrogens (tertiary/aromatic N) is 1. The Kier molecular flexibility index (Phi) is 3.90. The maximum atomic E-state index is 11.5. The standard InChI is InChI=1S/C10H14N4OS2/c1-6-5-17-9(11-6)4-8(15)13-14-10(16)12-7-2-3-7/h5,7H,2-4H2,1H3,(H,13,15)(H2,12,14,16). The van der Waals surface area contributed by atoms with E-state index in [0.29, 0.717) is 11.2 Å². The van der Waals surface area contributed by atoms with Crippen LogP contribution in [0.2, 0.25) is 0 Å². The number of aryl methyl sites for hydroxylation is 1. The molecule has 0 aliphatic heterocycles. The topological polar surface area (TPSA) is 66.1 Å². The van der Waals surface area contributed by atoms with Crippen molar-refractivity contribution in [1.29, 1.82) is 0 Å². The molecule has 1 aliphatic carbocycles. The van der Waals surface area contributed by atoms with Gasteiger partial charge in [0.2, 0.25) is 5.91 Å². The minimum absolute atomic E-state index is 0.140. The third kappa shape index (κ3) is 4.27. The second kappa shape index (κ2) is 5.42. The number of carbonyl (C=O) groups is 1. The number of hydrazine groups is 1. The highest BCUT2D eigenvalue weighted by Crippen LogP contribution is 2.18. The molecule has 1 aliphatic rings. The molecule has 17 heavy (non-hydrogen) atoms. The molecule has 1 aromatic heterocycles. The predicted octanol–water partition coefficient (Wildman–Crippen LogP) is 0.652. The summed E-state index contributed by atoms with van der Waals surface area (Å²) >= 11 is 6.49. The van der Waals surface area contributed by atoms with Crippen LogP contribution in [0.4, 0.5) is 0 Å². The number of thiocarbonyl (C=S) groups is 1. The van der Waals surface area contributed by atoms with Crippen molar-refractivity contribution >= 4 is 34.6 Å². The number of thiazole rings is 1. The average molecular weight is 270 g/mol. The number of amides is 1. The number of carbonyl (C=O) groups excluding carboxylic acids is 1. The third-order valence-electron chi connectivity index (χ3n) is 2.21. The minimum Gasteiger partial charge on any atom is -0.359 e. The van der Waals surface area contributed by atoms with Gasteiger partial charge in [0.1, 0.15) is 5.01 Å². The van der Waals surface area contributed by atoms with E-state index in [1.807, 2.05) is 12.3 Å². The fourth-order valence-corrected chi connectivity index (χ4v) is 2.23. The number of hydrogen-bond acceptors (Lipinski definition) is 4. The van der Waals surface area contributed by atoms with E-state index in [-0.39, 0.29) is 12.3 Å². The Balaban J connectivity index is 1.68. The van der Waals surface area contributed by atoms with E-state index < -0.39 is 0 Å². The average Bonchev–Trinajstić information content (AvgIpc) is 2.99. The fourth-order valence-electron chi connectivity index (χ4n) is 1.24. The smallest absolute Gasteiger partial charge is 0.245 e. The van der Waals surface area contributed by atoms with Crippen LogP contribution >= 0.6 is 23.6 Å². The first-order chi connectivity index (χ1) is 8.13. The van der Waals surface area contributed by atoms with Crippen molar-refractivity contribution in [1.82, 2.24) is 21.2 Å². The molecule has 3 N–H and O–H groups in total. The van der Waals surface area contributed by atoms with Crippen LogP contribution in [0.25, 0.3) is 0 Å². The highest BCUT2D eigenvalue weighted by atomic mass is 32.1. The van der Waals surface area contributed by atoms with Crippen LogP contribution in [-0.4, -0.2) is 22.0 Å². The summed E-state index contributed by atoms with van der Waals surface area (Å²) in [6.07, 6.45) is 2.57. The maximum absolute atomic E-state index is 11.5. The van der Waals surface area contributed by atoms with Crippen LogP contribution in [0.5, 0.6) is 0 Å². The van der Waals surface area contributed by atoms with Crippen molar-refractivity contribution in [2.75, 3.05) is 0 Å². The van der Waals surface area contributed by atoms with Gasteiger partial charge in [-0.05, 0) is 32.0 Å². The van der Waals surface area contributed by atoms with Gasteiger partial charge in [-0.15, -0.1) is 11.3 Å². The van der Waals surface area contributed by atoms with Crippen LogP contribution in [0, 0.1) is 6.92 Å². The van der Waals surface area contributed by atoms with Crippen molar-refractivity contribution in [3.05, 3.63) is 16.1 Å². The van der Waals surface area contributed by atoms with Crippen LogP contribution in [0.3, 0.4) is 0 Å². The van der Waals surface area contributed by atoms with Gasteiger partial charge in [0, 0.05) is 17.1 Å². The summed E-state index contributed by atoms with van der Waals surface area (Å²) in [4.78, 5) is 15.8. The van der Waals surface area contributed by atoms with E-state index in [1.165, 1.54) is 11.3 Å². The van der Waals surface area contributed by atoms with E-state index in [4.69, 9.17) is 12.2 Å². The minimum atomic E-state index is -0.140. The summed E-state index contributed by atoms with van der Waals surface area (Å²) in [6, 6.07) is 0.480. The molecule has 0 saturated heterocycles. The first kappa shape index (κ1) is 12.3. The Hall–Kier alpha value is -1.21. The predicted molar refractivity (Wildman–Crippen MR) is 70.6 cm³/mol. The maximum Gasteiger partial charge on any atom is 0.245 e. The first-order valence-corrected chi connectivity index (χ1v) is 6.68. The molecule has 7 heteroatoms. The van der Waals surface area contributed by atoms with Gasteiger partial charge in [-0.3, -0.25) is 15.6 Å². The summed E-state index contributed by atoms with van der Waals surface area (Å²) < 4.78 is 0. The van der Waals surface area contributed by atoms with Crippen LogP contribution in [0.1, 0.15) is 23.5 Å². The molecule has 1 heterocycles. The van der Waals surface area contributed by atoms with Gasteiger partial charge in [-0.25, -0.2) is 4.98 Å². The first-order valence-electron chi connectivity index (χ1n) is 5.40. The lowest BCUT2D eigenvalue weighted by Crippen LogP contribution is -2.47. The van der Waals surface area contributed by atoms with Crippen molar-refractivity contribution in [3.8, 4) is 0 Å². The lowest BCUT2D eigenvalue weighted by molar-refractivity contribution is -0.121. The van der Waals surface area contributed by atoms with E-state index >= 15 is 0 Å². The monoisotopic (exact) mass is 270 g/mol. The number of rotatable bonds is 3. The van der Waals surface area contributed by atoms with Crippen LogP contribution in [0.15, 0.2) is 5.38 Å². The summed E-state index contributed by atoms with van der Waals surface area (Å²) in [7, 11) is 0. The number of hydrogen-bond donors (Lipinski definition) is 3. The zero-order valence-corrected chi connectivity index (χ0v) is 11.1. The molecule has 0 bridgehead atoms. The largest absolute Gasteiger partial charge is 0.359 e. The number of nitrogens with one attached hydrogen (secondary N) is 3. The zero-order valence-electron chi connectivity index (χ0n) is 9.45. The Labute approximate surface area is 109 Å². The van der Waals surface area contributed by atoms with Gasteiger partial charge in [-0.2, -0.15) is 0 Å². The fraction of sp³-hybridized carbons (Fsp3) is 0.500. The molecule has 0 spiro atoms. The second-order valence-electron chi connectivity index (χ2n) is 3.98. The Bertz CT molecular complexity index is 428. The molecule has 1 aromatic rings. The molecule has 0 atom stereocenters. The number of aromatic nitrogens is 1. The highest BCUT2D eigenvalue weighted by molar-refractivity contribution is 7.80. The summed E-state index contributed by atoms with van der Waals surface area (Å²) in [5, 5.41) is 6.27. The summed E-state index contributed by atoms with van der Waals surface area (Å²) in [5.74, 6) is -0.140. The molecule has 92 valence electrons. The Morgan fingerprint density at radius 2 is 2.35 bits per heavy atom. The lowest BCUT2D eigenvalue weighted by atomic mass is 10.4. The molecular weight excluding hydrogens is 256 g/mol. The molecule has 2 rings (SSSR count). The van der Waals surface area contributed by atoms with Crippen molar-refractivity contribution in [2.45, 2.75) is 32.2 Å². The molecule has 1 saturated carbocycles. The van der Waals surface area contributed by atoms with E-state index in [1.54, 1.807) is 0 Å². The molecule has 0 unspecified atom stereocenters. The molecule has 1 fully saturated rings. The molecule has 5 nitrogen and oxygen atoms in total. The summed E-state index contributed by atoms with van der Waals surface area (Å²) in [6.45, 7) is 1.91. The van der Waals surface area contributed by atoms with Gasteiger partial charge in [-0.1, -0.05) is 0 Å². The SMILES string of the molecule is Cc1csc(CC(=O)NNC(=S)NC2CC2)n1. The van der Waals surface area contributed by atoms with Gasteiger partial charge < -0.3 is 5.32 Å². The van der Waals surface area contributed by atoms with E-state index in [9.17, 15) is 4.79 Å². The van der Waals surface area contributed by atoms with Crippen molar-refractivity contribution in [2.24, 2.45) is 0 Å². The van der Waals surface area contributed by atoms with Crippen LogP contribution < -0.4 is 16.2 Å². The lowest BCUT2D eigenvalue weighted by Gasteiger charge is -2.09. The van der Waals surface area contributed by atoms with Gasteiger partial charge >= 0.3 is 0 Å². The van der Waals surface area contributed by atoms with E-state index in [2.05, 4.69) is 21.2 Å².